The second kappa shape index (κ2) is 15.4. The van der Waals surface area contributed by atoms with Gasteiger partial charge in [0.1, 0.15) is 17.4 Å². The van der Waals surface area contributed by atoms with Crippen molar-refractivity contribution in [3.63, 3.8) is 0 Å². The lowest BCUT2D eigenvalue weighted by atomic mass is 9.64. The fraction of sp³-hybridized carbons (Fsp3) is 0.639. The van der Waals surface area contributed by atoms with Crippen LogP contribution >= 0.6 is 0 Å². The number of ether oxygens (including phenoxy) is 2. The first kappa shape index (κ1) is 34.7. The molecule has 45 heavy (non-hydrogen) atoms. The summed E-state index contributed by atoms with van der Waals surface area (Å²) in [5, 5.41) is 9.24. The largest absolute Gasteiger partial charge is 0.494 e. The third kappa shape index (κ3) is 6.57. The Morgan fingerprint density at radius 1 is 1.02 bits per heavy atom. The third-order valence-electron chi connectivity index (χ3n) is 9.97. The minimum absolute atomic E-state index is 0.121. The van der Waals surface area contributed by atoms with E-state index in [1.807, 2.05) is 38.1 Å². The van der Waals surface area contributed by atoms with Gasteiger partial charge >= 0.3 is 0 Å². The van der Waals surface area contributed by atoms with Crippen LogP contribution in [0.25, 0.3) is 0 Å². The summed E-state index contributed by atoms with van der Waals surface area (Å²) >= 11 is 0. The molecule has 4 rings (SSSR count). The summed E-state index contributed by atoms with van der Waals surface area (Å²) in [7, 11) is 0. The van der Waals surface area contributed by atoms with E-state index in [2.05, 4.69) is 20.1 Å². The Morgan fingerprint density at radius 2 is 1.73 bits per heavy atom. The number of likely N-dealkylation sites (tertiary alicyclic amines) is 1. The Kier molecular flexibility index (Phi) is 11.9. The number of nitrogens with zero attached hydrogens (tertiary/aromatic N) is 3. The highest BCUT2D eigenvalue weighted by Crippen LogP contribution is 2.64. The van der Waals surface area contributed by atoms with Gasteiger partial charge in [-0.1, -0.05) is 45.3 Å². The summed E-state index contributed by atoms with van der Waals surface area (Å²) in [4.78, 5) is 49.1. The number of aliphatic hydroxyl groups is 1. The molecule has 1 spiro atoms. The van der Waals surface area contributed by atoms with Crippen LogP contribution in [-0.4, -0.2) is 89.3 Å². The molecule has 1 aromatic carbocycles. The van der Waals surface area contributed by atoms with E-state index in [0.29, 0.717) is 69.8 Å². The molecule has 248 valence electrons. The molecular weight excluding hydrogens is 570 g/mol. The van der Waals surface area contributed by atoms with Gasteiger partial charge in [0.15, 0.2) is 0 Å². The number of hydrogen-bond donors (Lipinski definition) is 1. The topological polar surface area (TPSA) is 99.6 Å². The predicted molar refractivity (Wildman–Crippen MR) is 176 cm³/mol. The highest BCUT2D eigenvalue weighted by molar-refractivity contribution is 6.03. The summed E-state index contributed by atoms with van der Waals surface area (Å²) in [6.45, 7) is 16.2. The minimum Gasteiger partial charge on any atom is -0.494 e. The van der Waals surface area contributed by atoms with Crippen molar-refractivity contribution in [3.8, 4) is 5.75 Å². The number of carbonyl (C=O) groups is 3. The summed E-state index contributed by atoms with van der Waals surface area (Å²) < 4.78 is 12.6. The third-order valence-corrected chi connectivity index (χ3v) is 9.97. The number of unbranched alkanes of at least 4 members (excludes halogenated alkanes) is 4. The molecule has 3 saturated heterocycles. The molecule has 2 unspecified atom stereocenters. The summed E-state index contributed by atoms with van der Waals surface area (Å²) in [5.41, 5.74) is -1.21. The Morgan fingerprint density at radius 3 is 2.36 bits per heavy atom. The average molecular weight is 624 g/mol. The number of fused-ring (bicyclic) bond motifs is 1. The number of rotatable bonds is 19. The standard InChI is InChI=1S/C36H53N3O6/c1-6-11-24-37(22-7-2)34(43)31-36-21-20-35(9-4,45-36)29(30(36)33(42)39(31)25-14-12-13-15-26-40)32(41)38(23-8-3)27-16-18-28(19-17-27)44-10-5/h7-8,16-19,29-31,40H,2-3,6,9-15,20-26H2,1,4-5H3/t29-,30-,31?,35+,36?/m0/s1. The van der Waals surface area contributed by atoms with Gasteiger partial charge in [-0.2, -0.15) is 0 Å². The molecule has 1 N–H and O–H groups in total. The number of anilines is 1. The van der Waals surface area contributed by atoms with Gasteiger partial charge in [-0.3, -0.25) is 14.4 Å². The Labute approximate surface area is 269 Å². The molecule has 9 heteroatoms. The fourth-order valence-corrected chi connectivity index (χ4v) is 7.84. The first-order chi connectivity index (χ1) is 21.8. The summed E-state index contributed by atoms with van der Waals surface area (Å²) in [6, 6.07) is 6.60. The molecular formula is C36H53N3O6. The zero-order valence-electron chi connectivity index (χ0n) is 27.5. The first-order valence-electron chi connectivity index (χ1n) is 16.9. The minimum atomic E-state index is -1.07. The molecule has 0 aromatic heterocycles. The molecule has 3 heterocycles. The first-order valence-corrected chi connectivity index (χ1v) is 16.9. The Balaban J connectivity index is 1.74. The van der Waals surface area contributed by atoms with Crippen LogP contribution in [0.15, 0.2) is 49.6 Å². The van der Waals surface area contributed by atoms with Crippen LogP contribution in [0.4, 0.5) is 5.69 Å². The van der Waals surface area contributed by atoms with E-state index in [1.165, 1.54) is 0 Å². The van der Waals surface area contributed by atoms with Crippen LogP contribution in [-0.2, 0) is 19.1 Å². The second-order valence-electron chi connectivity index (χ2n) is 12.6. The van der Waals surface area contributed by atoms with Crippen LogP contribution in [0, 0.1) is 11.8 Å². The fourth-order valence-electron chi connectivity index (χ4n) is 7.84. The number of benzene rings is 1. The molecule has 3 fully saturated rings. The lowest BCUT2D eigenvalue weighted by molar-refractivity contribution is -0.152. The van der Waals surface area contributed by atoms with Crippen molar-refractivity contribution in [2.75, 3.05) is 44.3 Å². The normalized spacial score (nSPS) is 26.5. The van der Waals surface area contributed by atoms with Gasteiger partial charge in [-0.05, 0) is 69.7 Å². The van der Waals surface area contributed by atoms with Crippen molar-refractivity contribution in [2.45, 2.75) is 95.8 Å². The molecule has 9 nitrogen and oxygen atoms in total. The van der Waals surface area contributed by atoms with Crippen molar-refractivity contribution in [2.24, 2.45) is 11.8 Å². The van der Waals surface area contributed by atoms with Gasteiger partial charge in [0.05, 0.1) is 24.0 Å². The number of aliphatic hydroxyl groups excluding tert-OH is 1. The van der Waals surface area contributed by atoms with Crippen LogP contribution in [0.5, 0.6) is 5.75 Å². The summed E-state index contributed by atoms with van der Waals surface area (Å²) in [5.74, 6) is -1.23. The van der Waals surface area contributed by atoms with Crippen LogP contribution < -0.4 is 9.64 Å². The van der Waals surface area contributed by atoms with Gasteiger partial charge < -0.3 is 29.3 Å². The highest BCUT2D eigenvalue weighted by Gasteiger charge is 2.79. The molecule has 3 aliphatic rings. The van der Waals surface area contributed by atoms with Gasteiger partial charge in [0, 0.05) is 38.5 Å². The quantitative estimate of drug-likeness (QED) is 0.170. The SMILES string of the molecule is C=CCN(CCCC)C(=O)C1N(CCCCCCO)C(=O)[C@@H]2[C@@H](C(=O)N(CC=C)c3ccc(OCC)cc3)[C@@]3(CC)CCC12O3. The van der Waals surface area contributed by atoms with E-state index >= 15 is 0 Å². The van der Waals surface area contributed by atoms with Crippen molar-refractivity contribution >= 4 is 23.4 Å². The van der Waals surface area contributed by atoms with E-state index < -0.39 is 29.1 Å². The zero-order chi connectivity index (χ0) is 32.6. The molecule has 3 amide bonds. The molecule has 0 aliphatic carbocycles. The zero-order valence-corrected chi connectivity index (χ0v) is 27.5. The van der Waals surface area contributed by atoms with Gasteiger partial charge in [-0.25, -0.2) is 0 Å². The van der Waals surface area contributed by atoms with Gasteiger partial charge in [-0.15, -0.1) is 13.2 Å². The van der Waals surface area contributed by atoms with Crippen LogP contribution in [0.1, 0.15) is 78.6 Å². The average Bonchev–Trinajstić information content (AvgIpc) is 3.65. The Hall–Kier alpha value is -3.17. The lowest BCUT2D eigenvalue weighted by Gasteiger charge is -2.37. The monoisotopic (exact) mass is 623 g/mol. The van der Waals surface area contributed by atoms with E-state index in [1.54, 1.807) is 26.9 Å². The second-order valence-corrected chi connectivity index (χ2v) is 12.6. The van der Waals surface area contributed by atoms with Gasteiger partial charge in [0.2, 0.25) is 17.7 Å². The number of carbonyl (C=O) groups excluding carboxylic acids is 3. The van der Waals surface area contributed by atoms with E-state index in [4.69, 9.17) is 9.47 Å². The van der Waals surface area contributed by atoms with Crippen molar-refractivity contribution < 1.29 is 29.0 Å². The lowest BCUT2D eigenvalue weighted by Crippen LogP contribution is -2.56. The summed E-state index contributed by atoms with van der Waals surface area (Å²) in [6.07, 6.45) is 10.0. The maximum absolute atomic E-state index is 14.7. The van der Waals surface area contributed by atoms with E-state index in [-0.39, 0.29) is 30.9 Å². The van der Waals surface area contributed by atoms with Crippen molar-refractivity contribution in [1.29, 1.82) is 0 Å². The highest BCUT2D eigenvalue weighted by atomic mass is 16.5. The molecule has 0 saturated carbocycles. The Bertz CT molecular complexity index is 1200. The molecule has 0 radical (unpaired) electrons. The molecule has 3 aliphatic heterocycles. The van der Waals surface area contributed by atoms with E-state index in [9.17, 15) is 19.5 Å². The number of hydrogen-bond acceptors (Lipinski definition) is 6. The van der Waals surface area contributed by atoms with Crippen LogP contribution in [0.2, 0.25) is 0 Å². The van der Waals surface area contributed by atoms with Gasteiger partial charge in [0.25, 0.3) is 0 Å². The molecule has 1 aromatic rings. The molecule has 5 atom stereocenters. The molecule has 2 bridgehead atoms. The number of amides is 3. The van der Waals surface area contributed by atoms with E-state index in [0.717, 1.165) is 25.7 Å². The van der Waals surface area contributed by atoms with Crippen LogP contribution in [0.3, 0.4) is 0 Å². The maximum Gasteiger partial charge on any atom is 0.248 e. The smallest absolute Gasteiger partial charge is 0.248 e. The van der Waals surface area contributed by atoms with Crippen molar-refractivity contribution in [3.05, 3.63) is 49.6 Å². The predicted octanol–water partition coefficient (Wildman–Crippen LogP) is 5.13. The maximum atomic E-state index is 14.7. The van der Waals surface area contributed by atoms with Crippen molar-refractivity contribution in [1.82, 2.24) is 9.80 Å².